The number of hydrogen-bond acceptors (Lipinski definition) is 5. The van der Waals surface area contributed by atoms with Crippen molar-refractivity contribution in [2.45, 2.75) is 13.2 Å². The van der Waals surface area contributed by atoms with Crippen LogP contribution >= 0.6 is 46.6 Å². The first-order valence-electron chi connectivity index (χ1n) is 10.1. The van der Waals surface area contributed by atoms with Crippen molar-refractivity contribution in [3.63, 3.8) is 0 Å². The molecule has 5 nitrogen and oxygen atoms in total. The van der Waals surface area contributed by atoms with E-state index in [1.165, 1.54) is 12.0 Å². The molecule has 174 valence electrons. The van der Waals surface area contributed by atoms with Crippen LogP contribution in [0.4, 0.5) is 4.79 Å². The zero-order valence-electron chi connectivity index (χ0n) is 17.9. The molecule has 1 aliphatic rings. The van der Waals surface area contributed by atoms with Crippen molar-refractivity contribution in [3.8, 4) is 11.5 Å². The van der Waals surface area contributed by atoms with Gasteiger partial charge in [0.1, 0.15) is 6.61 Å². The molecule has 34 heavy (non-hydrogen) atoms. The first kappa shape index (κ1) is 24.5. The van der Waals surface area contributed by atoms with Crippen LogP contribution in [0.5, 0.6) is 11.5 Å². The summed E-state index contributed by atoms with van der Waals surface area (Å²) in [6.45, 7) is 0.441. The van der Waals surface area contributed by atoms with Crippen LogP contribution in [0.2, 0.25) is 15.1 Å². The Balaban J connectivity index is 1.52. The molecule has 3 aromatic carbocycles. The molecule has 0 spiro atoms. The fraction of sp³-hybridized carbons (Fsp3) is 0.120. The number of imide groups is 1. The second-order valence-electron chi connectivity index (χ2n) is 7.34. The van der Waals surface area contributed by atoms with E-state index in [1.807, 2.05) is 12.1 Å². The first-order valence-corrected chi connectivity index (χ1v) is 12.0. The predicted octanol–water partition coefficient (Wildman–Crippen LogP) is 7.47. The summed E-state index contributed by atoms with van der Waals surface area (Å²) in [4.78, 5) is 26.8. The van der Waals surface area contributed by atoms with E-state index in [0.29, 0.717) is 37.0 Å². The Bertz CT molecular complexity index is 1260. The van der Waals surface area contributed by atoms with Crippen LogP contribution in [0.3, 0.4) is 0 Å². The summed E-state index contributed by atoms with van der Waals surface area (Å²) in [6.07, 6.45) is 1.62. The SMILES string of the molecule is COc1cc(/C=C2\SC(=O)N(Cc3ccc(Cl)cc3)C2=O)cc(Cl)c1OCc1ccc(Cl)cc1. The van der Waals surface area contributed by atoms with Gasteiger partial charge in [-0.1, -0.05) is 59.1 Å². The normalized spacial score (nSPS) is 14.7. The summed E-state index contributed by atoms with van der Waals surface area (Å²) in [5.74, 6) is 0.420. The highest BCUT2D eigenvalue weighted by molar-refractivity contribution is 8.18. The van der Waals surface area contributed by atoms with Crippen molar-refractivity contribution in [3.05, 3.63) is 97.3 Å². The average molecular weight is 535 g/mol. The summed E-state index contributed by atoms with van der Waals surface area (Å²) in [5.41, 5.74) is 2.33. The summed E-state index contributed by atoms with van der Waals surface area (Å²) >= 11 is 19.2. The van der Waals surface area contributed by atoms with E-state index < -0.39 is 0 Å². The lowest BCUT2D eigenvalue weighted by Gasteiger charge is -2.14. The van der Waals surface area contributed by atoms with Crippen LogP contribution < -0.4 is 9.47 Å². The first-order chi connectivity index (χ1) is 16.3. The lowest BCUT2D eigenvalue weighted by molar-refractivity contribution is -0.123. The van der Waals surface area contributed by atoms with E-state index in [2.05, 4.69) is 0 Å². The van der Waals surface area contributed by atoms with E-state index in [1.54, 1.807) is 54.6 Å². The van der Waals surface area contributed by atoms with E-state index >= 15 is 0 Å². The monoisotopic (exact) mass is 533 g/mol. The van der Waals surface area contributed by atoms with Gasteiger partial charge in [0.15, 0.2) is 11.5 Å². The summed E-state index contributed by atoms with van der Waals surface area (Å²) in [7, 11) is 1.50. The van der Waals surface area contributed by atoms with Gasteiger partial charge in [-0.15, -0.1) is 0 Å². The molecule has 4 rings (SSSR count). The maximum absolute atomic E-state index is 12.9. The average Bonchev–Trinajstić information content (AvgIpc) is 3.07. The maximum Gasteiger partial charge on any atom is 0.293 e. The van der Waals surface area contributed by atoms with Gasteiger partial charge in [-0.25, -0.2) is 0 Å². The Labute approximate surface area is 216 Å². The third-order valence-corrected chi connectivity index (χ3v) is 6.67. The number of rotatable bonds is 7. The third-order valence-electron chi connectivity index (χ3n) is 4.97. The quantitative estimate of drug-likeness (QED) is 0.294. The van der Waals surface area contributed by atoms with Gasteiger partial charge in [-0.05, 0) is 70.9 Å². The zero-order chi connectivity index (χ0) is 24.2. The summed E-state index contributed by atoms with van der Waals surface area (Å²) in [5, 5.41) is 1.21. The van der Waals surface area contributed by atoms with Crippen LogP contribution in [0, 0.1) is 0 Å². The fourth-order valence-corrected chi connectivity index (χ4v) is 4.62. The second-order valence-corrected chi connectivity index (χ2v) is 9.62. The highest BCUT2D eigenvalue weighted by atomic mass is 35.5. The number of hydrogen-bond donors (Lipinski definition) is 0. The van der Waals surface area contributed by atoms with E-state index in [0.717, 1.165) is 22.9 Å². The Hall–Kier alpha value is -2.64. The molecule has 1 fully saturated rings. The zero-order valence-corrected chi connectivity index (χ0v) is 21.0. The number of halogens is 3. The largest absolute Gasteiger partial charge is 0.493 e. The minimum absolute atomic E-state index is 0.167. The van der Waals surface area contributed by atoms with Gasteiger partial charge in [0, 0.05) is 10.0 Å². The second kappa shape index (κ2) is 10.7. The predicted molar refractivity (Wildman–Crippen MR) is 137 cm³/mol. The molecule has 0 aromatic heterocycles. The van der Waals surface area contributed by atoms with Crippen LogP contribution in [-0.4, -0.2) is 23.2 Å². The van der Waals surface area contributed by atoms with E-state index in [9.17, 15) is 9.59 Å². The molecule has 0 saturated carbocycles. The summed E-state index contributed by atoms with van der Waals surface area (Å²) < 4.78 is 11.3. The molecule has 1 aliphatic heterocycles. The molecule has 0 aliphatic carbocycles. The Morgan fingerprint density at radius 2 is 1.53 bits per heavy atom. The molecule has 3 aromatic rings. The molecule has 0 radical (unpaired) electrons. The van der Waals surface area contributed by atoms with Gasteiger partial charge in [-0.3, -0.25) is 14.5 Å². The van der Waals surface area contributed by atoms with Crippen LogP contribution in [-0.2, 0) is 17.9 Å². The third kappa shape index (κ3) is 5.70. The molecule has 0 bridgehead atoms. The molecule has 0 unspecified atom stereocenters. The lowest BCUT2D eigenvalue weighted by Crippen LogP contribution is -2.27. The molecule has 9 heteroatoms. The molecule has 1 saturated heterocycles. The lowest BCUT2D eigenvalue weighted by atomic mass is 10.1. The number of ether oxygens (including phenoxy) is 2. The van der Waals surface area contributed by atoms with E-state index in [-0.39, 0.29) is 24.3 Å². The van der Waals surface area contributed by atoms with Crippen molar-refractivity contribution in [2.24, 2.45) is 0 Å². The van der Waals surface area contributed by atoms with Gasteiger partial charge in [0.2, 0.25) is 0 Å². The van der Waals surface area contributed by atoms with E-state index in [4.69, 9.17) is 44.3 Å². The van der Waals surface area contributed by atoms with Gasteiger partial charge >= 0.3 is 0 Å². The minimum atomic E-state index is -0.372. The van der Waals surface area contributed by atoms with Crippen LogP contribution in [0.1, 0.15) is 16.7 Å². The maximum atomic E-state index is 12.9. The van der Waals surface area contributed by atoms with Gasteiger partial charge in [-0.2, -0.15) is 0 Å². The molecule has 1 heterocycles. The van der Waals surface area contributed by atoms with Crippen molar-refractivity contribution in [1.82, 2.24) is 4.90 Å². The number of amides is 2. The smallest absolute Gasteiger partial charge is 0.293 e. The van der Waals surface area contributed by atoms with Crippen molar-refractivity contribution < 1.29 is 19.1 Å². The minimum Gasteiger partial charge on any atom is -0.493 e. The fourth-order valence-electron chi connectivity index (χ4n) is 3.26. The Morgan fingerprint density at radius 3 is 2.15 bits per heavy atom. The van der Waals surface area contributed by atoms with Crippen LogP contribution in [0.15, 0.2) is 65.6 Å². The molecule has 0 atom stereocenters. The molecular weight excluding hydrogens is 517 g/mol. The number of carbonyl (C=O) groups is 2. The number of nitrogens with zero attached hydrogens (tertiary/aromatic N) is 1. The summed E-state index contributed by atoms with van der Waals surface area (Å²) in [6, 6.07) is 17.6. The Morgan fingerprint density at radius 1 is 0.912 bits per heavy atom. The van der Waals surface area contributed by atoms with Crippen molar-refractivity contribution >= 4 is 63.8 Å². The number of methoxy groups -OCH3 is 1. The number of carbonyl (C=O) groups excluding carboxylic acids is 2. The molecular formula is C25H18Cl3NO4S. The molecule has 0 N–H and O–H groups in total. The molecule has 2 amide bonds. The number of benzene rings is 3. The highest BCUT2D eigenvalue weighted by Crippen LogP contribution is 2.39. The van der Waals surface area contributed by atoms with Crippen LogP contribution in [0.25, 0.3) is 6.08 Å². The van der Waals surface area contributed by atoms with Crippen molar-refractivity contribution in [2.75, 3.05) is 7.11 Å². The van der Waals surface area contributed by atoms with Gasteiger partial charge < -0.3 is 9.47 Å². The standard InChI is InChI=1S/C25H18Cl3NO4S/c1-32-21-11-17(10-20(28)23(21)33-14-16-4-8-19(27)9-5-16)12-22-24(30)29(25(31)34-22)13-15-2-6-18(26)7-3-15/h2-12H,13-14H2,1H3/b22-12-. The Kier molecular flexibility index (Phi) is 7.73. The van der Waals surface area contributed by atoms with Gasteiger partial charge in [0.25, 0.3) is 11.1 Å². The van der Waals surface area contributed by atoms with Crippen molar-refractivity contribution in [1.29, 1.82) is 0 Å². The number of thioether (sulfide) groups is 1. The topological polar surface area (TPSA) is 55.8 Å². The van der Waals surface area contributed by atoms with Gasteiger partial charge in [0.05, 0.1) is 23.6 Å². The highest BCUT2D eigenvalue weighted by Gasteiger charge is 2.35.